The first-order valence-corrected chi connectivity index (χ1v) is 8.77. The molecule has 0 aliphatic heterocycles. The van der Waals surface area contributed by atoms with Crippen LogP contribution in [-0.2, 0) is 11.2 Å². The van der Waals surface area contributed by atoms with Crippen LogP contribution in [0.1, 0.15) is 12.1 Å². The number of nitrogens with zero attached hydrogens (tertiary/aromatic N) is 2. The van der Waals surface area contributed by atoms with Gasteiger partial charge in [0.1, 0.15) is 11.5 Å². The molecule has 1 N–H and O–H groups in total. The maximum Gasteiger partial charge on any atom is 0.224 e. The standard InChI is InChI=1S/C22H18FN3O/c23-17-9-6-10-18(15-17)24-21(27)13-12-19-22(16-7-2-1-3-8-16)25-20-11-4-5-14-26(19)20/h1-11,14-15H,12-13H2,(H,24,27). The summed E-state index contributed by atoms with van der Waals surface area (Å²) in [6.07, 6.45) is 2.75. The lowest BCUT2D eigenvalue weighted by Gasteiger charge is -2.07. The van der Waals surface area contributed by atoms with Gasteiger partial charge in [-0.1, -0.05) is 42.5 Å². The van der Waals surface area contributed by atoms with E-state index in [0.717, 1.165) is 22.6 Å². The number of fused-ring (bicyclic) bond motifs is 1. The summed E-state index contributed by atoms with van der Waals surface area (Å²) in [6.45, 7) is 0. The van der Waals surface area contributed by atoms with Gasteiger partial charge >= 0.3 is 0 Å². The van der Waals surface area contributed by atoms with Crippen molar-refractivity contribution in [2.45, 2.75) is 12.8 Å². The fourth-order valence-electron chi connectivity index (χ4n) is 3.13. The van der Waals surface area contributed by atoms with Gasteiger partial charge in [-0.2, -0.15) is 0 Å². The molecule has 27 heavy (non-hydrogen) atoms. The number of anilines is 1. The third-order valence-corrected chi connectivity index (χ3v) is 4.37. The van der Waals surface area contributed by atoms with Crippen LogP contribution in [0.5, 0.6) is 0 Å². The molecular weight excluding hydrogens is 341 g/mol. The van der Waals surface area contributed by atoms with Crippen LogP contribution in [0.3, 0.4) is 0 Å². The minimum absolute atomic E-state index is 0.162. The Labute approximate surface area is 156 Å². The first-order valence-electron chi connectivity index (χ1n) is 8.77. The number of hydrogen-bond donors (Lipinski definition) is 1. The lowest BCUT2D eigenvalue weighted by Crippen LogP contribution is -2.13. The molecule has 1 amide bonds. The first-order chi connectivity index (χ1) is 13.2. The van der Waals surface area contributed by atoms with Crippen molar-refractivity contribution < 1.29 is 9.18 Å². The summed E-state index contributed by atoms with van der Waals surface area (Å²) in [7, 11) is 0. The molecule has 0 aliphatic rings. The summed E-state index contributed by atoms with van der Waals surface area (Å²) >= 11 is 0. The van der Waals surface area contributed by atoms with E-state index in [1.165, 1.54) is 12.1 Å². The molecule has 5 heteroatoms. The zero-order valence-electron chi connectivity index (χ0n) is 14.6. The Morgan fingerprint density at radius 3 is 2.63 bits per heavy atom. The van der Waals surface area contributed by atoms with Crippen LogP contribution in [0, 0.1) is 5.82 Å². The average molecular weight is 359 g/mol. The van der Waals surface area contributed by atoms with Gasteiger partial charge in [0.05, 0.1) is 11.4 Å². The zero-order valence-corrected chi connectivity index (χ0v) is 14.6. The minimum atomic E-state index is -0.374. The Hall–Kier alpha value is -3.47. The molecule has 0 radical (unpaired) electrons. The molecule has 0 aliphatic carbocycles. The number of aromatic nitrogens is 2. The van der Waals surface area contributed by atoms with Crippen molar-refractivity contribution in [3.8, 4) is 11.3 Å². The summed E-state index contributed by atoms with van der Waals surface area (Å²) in [6, 6.07) is 21.7. The second kappa shape index (κ2) is 7.41. The van der Waals surface area contributed by atoms with Gasteiger partial charge < -0.3 is 9.72 Å². The van der Waals surface area contributed by atoms with Crippen molar-refractivity contribution in [3.05, 3.63) is 90.5 Å². The molecule has 2 aromatic heterocycles. The minimum Gasteiger partial charge on any atom is -0.326 e. The van der Waals surface area contributed by atoms with Crippen LogP contribution in [-0.4, -0.2) is 15.3 Å². The second-order valence-electron chi connectivity index (χ2n) is 6.26. The van der Waals surface area contributed by atoms with Crippen molar-refractivity contribution in [2.24, 2.45) is 0 Å². The Balaban J connectivity index is 1.58. The van der Waals surface area contributed by atoms with E-state index in [4.69, 9.17) is 4.98 Å². The number of carbonyl (C=O) groups excluding carboxylic acids is 1. The van der Waals surface area contributed by atoms with E-state index in [-0.39, 0.29) is 18.1 Å². The van der Waals surface area contributed by atoms with E-state index in [2.05, 4.69) is 5.32 Å². The van der Waals surface area contributed by atoms with Gasteiger partial charge in [-0.05, 0) is 36.8 Å². The zero-order chi connectivity index (χ0) is 18.6. The third-order valence-electron chi connectivity index (χ3n) is 4.37. The van der Waals surface area contributed by atoms with E-state index in [0.29, 0.717) is 12.1 Å². The molecular formula is C22H18FN3O. The Morgan fingerprint density at radius 2 is 1.81 bits per heavy atom. The molecule has 0 saturated heterocycles. The van der Waals surface area contributed by atoms with Crippen LogP contribution in [0.15, 0.2) is 79.0 Å². The summed E-state index contributed by atoms with van der Waals surface area (Å²) in [5, 5.41) is 2.74. The fourth-order valence-corrected chi connectivity index (χ4v) is 3.13. The van der Waals surface area contributed by atoms with Gasteiger partial charge in [0, 0.05) is 23.9 Å². The Bertz CT molecular complexity index is 1090. The molecule has 0 fully saturated rings. The first kappa shape index (κ1) is 17.0. The van der Waals surface area contributed by atoms with Gasteiger partial charge in [-0.25, -0.2) is 9.37 Å². The number of aryl methyl sites for hydroxylation is 1. The quantitative estimate of drug-likeness (QED) is 0.561. The van der Waals surface area contributed by atoms with Crippen LogP contribution in [0.4, 0.5) is 10.1 Å². The Morgan fingerprint density at radius 1 is 1.00 bits per heavy atom. The number of imidazole rings is 1. The number of rotatable bonds is 5. The molecule has 134 valence electrons. The molecule has 0 unspecified atom stereocenters. The monoisotopic (exact) mass is 359 g/mol. The summed E-state index contributed by atoms with van der Waals surface area (Å²) in [5.41, 5.74) is 4.17. The largest absolute Gasteiger partial charge is 0.326 e. The number of halogens is 1. The van der Waals surface area contributed by atoms with Crippen LogP contribution in [0.2, 0.25) is 0 Å². The van der Waals surface area contributed by atoms with Gasteiger partial charge in [0.25, 0.3) is 0 Å². The molecule has 0 saturated carbocycles. The fraction of sp³-hybridized carbons (Fsp3) is 0.0909. The molecule has 2 aromatic carbocycles. The topological polar surface area (TPSA) is 46.4 Å². The lowest BCUT2D eigenvalue weighted by molar-refractivity contribution is -0.116. The average Bonchev–Trinajstić information content (AvgIpc) is 3.06. The van der Waals surface area contributed by atoms with Gasteiger partial charge in [0.15, 0.2) is 0 Å². The molecule has 4 aromatic rings. The van der Waals surface area contributed by atoms with E-state index >= 15 is 0 Å². The van der Waals surface area contributed by atoms with Crippen LogP contribution < -0.4 is 5.32 Å². The van der Waals surface area contributed by atoms with Crippen molar-refractivity contribution in [1.29, 1.82) is 0 Å². The highest BCUT2D eigenvalue weighted by Crippen LogP contribution is 2.25. The number of carbonyl (C=O) groups is 1. The van der Waals surface area contributed by atoms with Crippen molar-refractivity contribution in [2.75, 3.05) is 5.32 Å². The SMILES string of the molecule is O=C(CCc1c(-c2ccccc2)nc2ccccn12)Nc1cccc(F)c1. The lowest BCUT2D eigenvalue weighted by atomic mass is 10.1. The summed E-state index contributed by atoms with van der Waals surface area (Å²) in [4.78, 5) is 17.1. The van der Waals surface area contributed by atoms with E-state index in [1.807, 2.05) is 59.1 Å². The van der Waals surface area contributed by atoms with E-state index in [1.54, 1.807) is 12.1 Å². The smallest absolute Gasteiger partial charge is 0.224 e. The molecule has 4 nitrogen and oxygen atoms in total. The third kappa shape index (κ3) is 3.72. The maximum atomic E-state index is 13.3. The van der Waals surface area contributed by atoms with Crippen molar-refractivity contribution in [1.82, 2.24) is 9.38 Å². The highest BCUT2D eigenvalue weighted by Gasteiger charge is 2.15. The predicted octanol–water partition coefficient (Wildman–Crippen LogP) is 4.71. The van der Waals surface area contributed by atoms with Gasteiger partial charge in [-0.15, -0.1) is 0 Å². The summed E-state index contributed by atoms with van der Waals surface area (Å²) in [5.74, 6) is -0.536. The molecule has 4 rings (SSSR count). The van der Waals surface area contributed by atoms with Crippen LogP contribution >= 0.6 is 0 Å². The van der Waals surface area contributed by atoms with Crippen LogP contribution in [0.25, 0.3) is 16.9 Å². The molecule has 0 atom stereocenters. The normalized spacial score (nSPS) is 10.9. The maximum absolute atomic E-state index is 13.3. The van der Waals surface area contributed by atoms with Crippen molar-refractivity contribution >= 4 is 17.2 Å². The highest BCUT2D eigenvalue weighted by atomic mass is 19.1. The predicted molar refractivity (Wildman–Crippen MR) is 104 cm³/mol. The molecule has 0 spiro atoms. The number of benzene rings is 2. The Kier molecular flexibility index (Phi) is 4.66. The number of amides is 1. The number of pyridine rings is 1. The number of nitrogens with one attached hydrogen (secondary N) is 1. The molecule has 0 bridgehead atoms. The highest BCUT2D eigenvalue weighted by molar-refractivity contribution is 5.90. The van der Waals surface area contributed by atoms with E-state index in [9.17, 15) is 9.18 Å². The van der Waals surface area contributed by atoms with E-state index < -0.39 is 0 Å². The summed E-state index contributed by atoms with van der Waals surface area (Å²) < 4.78 is 15.3. The number of hydrogen-bond acceptors (Lipinski definition) is 2. The van der Waals surface area contributed by atoms with Gasteiger partial charge in [-0.3, -0.25) is 4.79 Å². The van der Waals surface area contributed by atoms with Crippen molar-refractivity contribution in [3.63, 3.8) is 0 Å². The van der Waals surface area contributed by atoms with Gasteiger partial charge in [0.2, 0.25) is 5.91 Å². The second-order valence-corrected chi connectivity index (χ2v) is 6.26. The molecule has 2 heterocycles.